The van der Waals surface area contributed by atoms with Crippen molar-refractivity contribution in [2.45, 2.75) is 0 Å². The molecule has 0 aliphatic heterocycles. The van der Waals surface area contributed by atoms with Crippen LogP contribution in [0.5, 0.6) is 0 Å². The highest BCUT2D eigenvalue weighted by Gasteiger charge is 2.02. The van der Waals surface area contributed by atoms with Crippen molar-refractivity contribution in [2.75, 3.05) is 22.1 Å². The van der Waals surface area contributed by atoms with Crippen LogP contribution in [0.3, 0.4) is 0 Å². The molecule has 0 saturated heterocycles. The zero-order valence-electron chi connectivity index (χ0n) is 15.4. The third-order valence-electron chi connectivity index (χ3n) is 4.58. The number of para-hydroxylation sites is 4. The Kier molecular flexibility index (Phi) is 4.85. The van der Waals surface area contributed by atoms with E-state index in [0.717, 1.165) is 45.3 Å². The Bertz CT molecular complexity index is 981. The van der Waals surface area contributed by atoms with Gasteiger partial charge in [0.25, 0.3) is 0 Å². The fraction of sp³-hybridized carbons (Fsp3) is 0. The summed E-state index contributed by atoms with van der Waals surface area (Å²) in [6, 6.07) is 32.1. The maximum atomic E-state index is 5.99. The average molecular weight is 366 g/mol. The first-order chi connectivity index (χ1) is 13.7. The number of benzene rings is 4. The summed E-state index contributed by atoms with van der Waals surface area (Å²) in [4.78, 5) is 0. The standard InChI is InChI=1S/C24H22N4/c25-21-5-1-3-7-23(21)27-19-13-9-17(10-14-19)18-11-15-20(16-12-18)28-24-8-4-2-6-22(24)26/h1-16,27-28H,25-26H2. The van der Waals surface area contributed by atoms with Crippen molar-refractivity contribution in [3.8, 4) is 11.1 Å². The molecule has 0 amide bonds. The Labute approximate surface area is 164 Å². The second kappa shape index (κ2) is 7.76. The summed E-state index contributed by atoms with van der Waals surface area (Å²) >= 11 is 0. The van der Waals surface area contributed by atoms with E-state index in [0.29, 0.717) is 0 Å². The van der Waals surface area contributed by atoms with Crippen LogP contribution >= 0.6 is 0 Å². The molecule has 0 saturated carbocycles. The van der Waals surface area contributed by atoms with Crippen LogP contribution in [0.1, 0.15) is 0 Å². The molecular weight excluding hydrogens is 344 g/mol. The second-order valence-electron chi connectivity index (χ2n) is 6.58. The van der Waals surface area contributed by atoms with Crippen molar-refractivity contribution in [3.05, 3.63) is 97.1 Å². The Hall–Kier alpha value is -3.92. The van der Waals surface area contributed by atoms with Crippen LogP contribution in [0.4, 0.5) is 34.1 Å². The minimum absolute atomic E-state index is 0.730. The predicted molar refractivity (Wildman–Crippen MR) is 120 cm³/mol. The summed E-state index contributed by atoms with van der Waals surface area (Å²) < 4.78 is 0. The fourth-order valence-electron chi connectivity index (χ4n) is 3.02. The smallest absolute Gasteiger partial charge is 0.0617 e. The number of hydrogen-bond acceptors (Lipinski definition) is 4. The maximum Gasteiger partial charge on any atom is 0.0617 e. The van der Waals surface area contributed by atoms with Gasteiger partial charge in [-0.1, -0.05) is 48.5 Å². The molecule has 0 heterocycles. The first kappa shape index (κ1) is 17.5. The quantitative estimate of drug-likeness (QED) is 0.327. The minimum atomic E-state index is 0.730. The van der Waals surface area contributed by atoms with Gasteiger partial charge >= 0.3 is 0 Å². The molecule has 0 aromatic heterocycles. The van der Waals surface area contributed by atoms with E-state index in [1.165, 1.54) is 0 Å². The minimum Gasteiger partial charge on any atom is -0.397 e. The molecule has 0 aliphatic carbocycles. The van der Waals surface area contributed by atoms with Gasteiger partial charge in [-0.3, -0.25) is 0 Å². The molecule has 0 radical (unpaired) electrons. The van der Waals surface area contributed by atoms with Gasteiger partial charge in [0, 0.05) is 11.4 Å². The Morgan fingerprint density at radius 3 is 1.14 bits per heavy atom. The second-order valence-corrected chi connectivity index (χ2v) is 6.58. The van der Waals surface area contributed by atoms with Gasteiger partial charge in [0.2, 0.25) is 0 Å². The highest BCUT2D eigenvalue weighted by atomic mass is 14.9. The van der Waals surface area contributed by atoms with Crippen molar-refractivity contribution >= 4 is 34.1 Å². The molecule has 4 rings (SSSR count). The van der Waals surface area contributed by atoms with Gasteiger partial charge in [-0.25, -0.2) is 0 Å². The van der Waals surface area contributed by atoms with E-state index in [-0.39, 0.29) is 0 Å². The van der Waals surface area contributed by atoms with Crippen LogP contribution < -0.4 is 22.1 Å². The average Bonchev–Trinajstić information content (AvgIpc) is 2.73. The zero-order chi connectivity index (χ0) is 19.3. The van der Waals surface area contributed by atoms with Crippen LogP contribution in [-0.4, -0.2) is 0 Å². The normalized spacial score (nSPS) is 10.4. The van der Waals surface area contributed by atoms with Crippen molar-refractivity contribution < 1.29 is 0 Å². The summed E-state index contributed by atoms with van der Waals surface area (Å²) in [5.41, 5.74) is 19.6. The predicted octanol–water partition coefficient (Wildman–Crippen LogP) is 6.01. The van der Waals surface area contributed by atoms with E-state index in [2.05, 4.69) is 59.2 Å². The summed E-state index contributed by atoms with van der Waals surface area (Å²) in [5, 5.41) is 6.69. The van der Waals surface area contributed by atoms with Crippen LogP contribution in [0.25, 0.3) is 11.1 Å². The van der Waals surface area contributed by atoms with Crippen molar-refractivity contribution in [2.24, 2.45) is 0 Å². The van der Waals surface area contributed by atoms with Gasteiger partial charge in [0.1, 0.15) is 0 Å². The maximum absolute atomic E-state index is 5.99. The molecule has 4 nitrogen and oxygen atoms in total. The van der Waals surface area contributed by atoms with Crippen molar-refractivity contribution in [1.29, 1.82) is 0 Å². The third kappa shape index (κ3) is 3.91. The summed E-state index contributed by atoms with van der Waals surface area (Å²) in [6.07, 6.45) is 0. The molecule has 0 bridgehead atoms. The van der Waals surface area contributed by atoms with Gasteiger partial charge in [0.05, 0.1) is 22.7 Å². The van der Waals surface area contributed by atoms with E-state index in [1.807, 2.05) is 48.5 Å². The van der Waals surface area contributed by atoms with Crippen LogP contribution in [-0.2, 0) is 0 Å². The lowest BCUT2D eigenvalue weighted by Gasteiger charge is -2.11. The number of hydrogen-bond donors (Lipinski definition) is 4. The number of nitrogen functional groups attached to an aromatic ring is 2. The molecule has 28 heavy (non-hydrogen) atoms. The van der Waals surface area contributed by atoms with Gasteiger partial charge in [-0.05, 0) is 59.7 Å². The molecule has 6 N–H and O–H groups in total. The highest BCUT2D eigenvalue weighted by molar-refractivity contribution is 5.76. The molecule has 0 spiro atoms. The Morgan fingerprint density at radius 1 is 0.429 bits per heavy atom. The molecule has 0 fully saturated rings. The largest absolute Gasteiger partial charge is 0.397 e. The van der Waals surface area contributed by atoms with Gasteiger partial charge in [-0.2, -0.15) is 0 Å². The first-order valence-electron chi connectivity index (χ1n) is 9.12. The van der Waals surface area contributed by atoms with Crippen molar-refractivity contribution in [3.63, 3.8) is 0 Å². The molecule has 0 unspecified atom stereocenters. The molecule has 0 atom stereocenters. The number of anilines is 6. The Balaban J connectivity index is 1.47. The van der Waals surface area contributed by atoms with Crippen LogP contribution in [0, 0.1) is 0 Å². The fourth-order valence-corrected chi connectivity index (χ4v) is 3.02. The van der Waals surface area contributed by atoms with E-state index in [9.17, 15) is 0 Å². The Morgan fingerprint density at radius 2 is 0.786 bits per heavy atom. The summed E-state index contributed by atoms with van der Waals surface area (Å²) in [6.45, 7) is 0. The molecule has 4 aromatic rings. The SMILES string of the molecule is Nc1ccccc1Nc1ccc(-c2ccc(Nc3ccccc3N)cc2)cc1. The van der Waals surface area contributed by atoms with Gasteiger partial charge in [-0.15, -0.1) is 0 Å². The lowest BCUT2D eigenvalue weighted by atomic mass is 10.0. The topological polar surface area (TPSA) is 76.1 Å². The molecule has 0 aliphatic rings. The monoisotopic (exact) mass is 366 g/mol. The third-order valence-corrected chi connectivity index (χ3v) is 4.58. The van der Waals surface area contributed by atoms with Crippen LogP contribution in [0.15, 0.2) is 97.1 Å². The van der Waals surface area contributed by atoms with E-state index < -0.39 is 0 Å². The van der Waals surface area contributed by atoms with E-state index in [1.54, 1.807) is 0 Å². The molecule has 138 valence electrons. The van der Waals surface area contributed by atoms with Crippen LogP contribution in [0.2, 0.25) is 0 Å². The molecular formula is C24H22N4. The molecule has 4 heteroatoms. The van der Waals surface area contributed by atoms with Gasteiger partial charge < -0.3 is 22.1 Å². The summed E-state index contributed by atoms with van der Waals surface area (Å²) in [5.74, 6) is 0. The zero-order valence-corrected chi connectivity index (χ0v) is 15.4. The highest BCUT2D eigenvalue weighted by Crippen LogP contribution is 2.28. The number of nitrogens with two attached hydrogens (primary N) is 2. The lowest BCUT2D eigenvalue weighted by Crippen LogP contribution is -1.96. The number of rotatable bonds is 5. The first-order valence-corrected chi connectivity index (χ1v) is 9.12. The lowest BCUT2D eigenvalue weighted by molar-refractivity contribution is 1.52. The van der Waals surface area contributed by atoms with E-state index >= 15 is 0 Å². The molecule has 4 aromatic carbocycles. The van der Waals surface area contributed by atoms with Crippen molar-refractivity contribution in [1.82, 2.24) is 0 Å². The summed E-state index contributed by atoms with van der Waals surface area (Å²) in [7, 11) is 0. The number of nitrogens with one attached hydrogen (secondary N) is 2. The van der Waals surface area contributed by atoms with Gasteiger partial charge in [0.15, 0.2) is 0 Å². The van der Waals surface area contributed by atoms with E-state index in [4.69, 9.17) is 11.5 Å².